The number of nitrogens with one attached hydrogen (secondary N) is 2. The van der Waals surface area contributed by atoms with Crippen molar-refractivity contribution in [3.05, 3.63) is 11.6 Å². The lowest BCUT2D eigenvalue weighted by Gasteiger charge is -2.26. The van der Waals surface area contributed by atoms with Crippen molar-refractivity contribution in [2.75, 3.05) is 13.1 Å². The number of rotatable bonds is 8. The van der Waals surface area contributed by atoms with E-state index < -0.39 is 11.4 Å². The fraction of sp³-hybridized carbons (Fsp3) is 0.750. The summed E-state index contributed by atoms with van der Waals surface area (Å²) in [4.78, 5) is 23.1. The highest BCUT2D eigenvalue weighted by Crippen LogP contribution is 2.25. The van der Waals surface area contributed by atoms with Crippen LogP contribution in [-0.4, -0.2) is 30.2 Å². The fourth-order valence-electron chi connectivity index (χ4n) is 2.66. The summed E-state index contributed by atoms with van der Waals surface area (Å²) in [6.07, 6.45) is 8.96. The van der Waals surface area contributed by atoms with Gasteiger partial charge in [0.15, 0.2) is 0 Å². The minimum absolute atomic E-state index is 0.170. The van der Waals surface area contributed by atoms with Crippen LogP contribution in [0.5, 0.6) is 0 Å². The largest absolute Gasteiger partial charge is 0.481 e. The van der Waals surface area contributed by atoms with E-state index >= 15 is 0 Å². The Morgan fingerprint density at radius 1 is 1.24 bits per heavy atom. The molecule has 120 valence electrons. The molecule has 2 amide bonds. The number of carbonyl (C=O) groups is 2. The molecule has 0 bridgehead atoms. The van der Waals surface area contributed by atoms with Gasteiger partial charge in [-0.3, -0.25) is 4.79 Å². The first kappa shape index (κ1) is 17.5. The molecular formula is C16H28N2O3. The van der Waals surface area contributed by atoms with Gasteiger partial charge in [0.1, 0.15) is 0 Å². The molecule has 0 radical (unpaired) electrons. The minimum Gasteiger partial charge on any atom is -0.481 e. The van der Waals surface area contributed by atoms with Crippen molar-refractivity contribution in [2.24, 2.45) is 5.41 Å². The second kappa shape index (κ2) is 8.70. The Kier molecular flexibility index (Phi) is 7.26. The monoisotopic (exact) mass is 296 g/mol. The van der Waals surface area contributed by atoms with Crippen LogP contribution in [0.25, 0.3) is 0 Å². The van der Waals surface area contributed by atoms with E-state index in [1.54, 1.807) is 0 Å². The molecule has 5 nitrogen and oxygen atoms in total. The van der Waals surface area contributed by atoms with Gasteiger partial charge >= 0.3 is 12.0 Å². The van der Waals surface area contributed by atoms with E-state index in [1.807, 2.05) is 13.8 Å². The minimum atomic E-state index is -0.858. The predicted octanol–water partition coefficient (Wildman–Crippen LogP) is 3.07. The molecule has 0 aliphatic heterocycles. The van der Waals surface area contributed by atoms with Crippen LogP contribution < -0.4 is 10.6 Å². The Morgan fingerprint density at radius 2 is 1.95 bits per heavy atom. The van der Waals surface area contributed by atoms with Crippen LogP contribution in [0.1, 0.15) is 58.8 Å². The van der Waals surface area contributed by atoms with Gasteiger partial charge in [0, 0.05) is 13.1 Å². The van der Waals surface area contributed by atoms with Crippen molar-refractivity contribution < 1.29 is 14.7 Å². The lowest BCUT2D eigenvalue weighted by atomic mass is 9.82. The zero-order valence-electron chi connectivity index (χ0n) is 13.2. The quantitative estimate of drug-likeness (QED) is 0.602. The molecule has 0 saturated heterocycles. The zero-order chi connectivity index (χ0) is 15.7. The first-order valence-corrected chi connectivity index (χ1v) is 7.97. The first-order chi connectivity index (χ1) is 10.0. The average Bonchev–Trinajstić information content (AvgIpc) is 2.49. The number of allylic oxidation sites excluding steroid dienone is 1. The van der Waals surface area contributed by atoms with Crippen molar-refractivity contribution in [3.8, 4) is 0 Å². The van der Waals surface area contributed by atoms with E-state index in [0.717, 1.165) is 19.3 Å². The molecule has 3 N–H and O–H groups in total. The van der Waals surface area contributed by atoms with Gasteiger partial charge < -0.3 is 15.7 Å². The summed E-state index contributed by atoms with van der Waals surface area (Å²) in [5.41, 5.74) is 0.562. The van der Waals surface area contributed by atoms with Crippen molar-refractivity contribution >= 4 is 12.0 Å². The lowest BCUT2D eigenvalue weighted by Crippen LogP contribution is -2.46. The first-order valence-electron chi connectivity index (χ1n) is 7.97. The van der Waals surface area contributed by atoms with Crippen LogP contribution in [-0.2, 0) is 4.79 Å². The van der Waals surface area contributed by atoms with E-state index in [2.05, 4.69) is 16.7 Å². The van der Waals surface area contributed by atoms with Gasteiger partial charge in [-0.2, -0.15) is 0 Å². The highest BCUT2D eigenvalue weighted by molar-refractivity contribution is 5.78. The smallest absolute Gasteiger partial charge is 0.314 e. The fourth-order valence-corrected chi connectivity index (χ4v) is 2.66. The normalized spacial score (nSPS) is 15.2. The maximum Gasteiger partial charge on any atom is 0.314 e. The van der Waals surface area contributed by atoms with E-state index in [0.29, 0.717) is 19.4 Å². The summed E-state index contributed by atoms with van der Waals surface area (Å²) in [5.74, 6) is -0.847. The Labute approximate surface area is 127 Å². The summed E-state index contributed by atoms with van der Waals surface area (Å²) >= 11 is 0. The average molecular weight is 296 g/mol. The highest BCUT2D eigenvalue weighted by atomic mass is 16.4. The van der Waals surface area contributed by atoms with Gasteiger partial charge in [-0.05, 0) is 44.9 Å². The Morgan fingerprint density at radius 3 is 2.48 bits per heavy atom. The van der Waals surface area contributed by atoms with Crippen LogP contribution in [0.2, 0.25) is 0 Å². The number of aliphatic carboxylic acids is 1. The SMILES string of the molecule is CCC(CC)(CNC(=O)NCCC1=CCCCC1)C(=O)O. The molecule has 0 unspecified atom stereocenters. The molecule has 0 aromatic heterocycles. The van der Waals surface area contributed by atoms with Gasteiger partial charge in [-0.1, -0.05) is 25.5 Å². The number of carboxylic acid groups (broad SMARTS) is 1. The van der Waals surface area contributed by atoms with Gasteiger partial charge in [0.05, 0.1) is 5.41 Å². The molecule has 0 heterocycles. The van der Waals surface area contributed by atoms with Crippen LogP contribution in [0.3, 0.4) is 0 Å². The molecule has 1 rings (SSSR count). The lowest BCUT2D eigenvalue weighted by molar-refractivity contribution is -0.149. The van der Waals surface area contributed by atoms with E-state index in [-0.39, 0.29) is 12.6 Å². The Hall–Kier alpha value is -1.52. The summed E-state index contributed by atoms with van der Waals surface area (Å²) in [5, 5.41) is 14.8. The van der Waals surface area contributed by atoms with Gasteiger partial charge in [-0.15, -0.1) is 0 Å². The van der Waals surface area contributed by atoms with Crippen LogP contribution in [0.4, 0.5) is 4.79 Å². The molecule has 1 aliphatic carbocycles. The number of carbonyl (C=O) groups excluding carboxylic acids is 1. The number of hydrogen-bond donors (Lipinski definition) is 3. The second-order valence-corrected chi connectivity index (χ2v) is 5.76. The molecule has 21 heavy (non-hydrogen) atoms. The van der Waals surface area contributed by atoms with Gasteiger partial charge in [0.25, 0.3) is 0 Å². The highest BCUT2D eigenvalue weighted by Gasteiger charge is 2.35. The van der Waals surface area contributed by atoms with E-state index in [1.165, 1.54) is 18.4 Å². The van der Waals surface area contributed by atoms with Crippen molar-refractivity contribution in [2.45, 2.75) is 58.8 Å². The third-order valence-electron chi connectivity index (χ3n) is 4.51. The molecule has 0 atom stereocenters. The van der Waals surface area contributed by atoms with Crippen molar-refractivity contribution in [1.29, 1.82) is 0 Å². The van der Waals surface area contributed by atoms with E-state index in [9.17, 15) is 14.7 Å². The maximum atomic E-state index is 11.8. The molecular weight excluding hydrogens is 268 g/mol. The standard InChI is InChI=1S/C16H28N2O3/c1-3-16(4-2,14(19)20)12-18-15(21)17-11-10-13-8-6-5-7-9-13/h8H,3-7,9-12H2,1-2H3,(H,19,20)(H2,17,18,21). The van der Waals surface area contributed by atoms with Crippen LogP contribution >= 0.6 is 0 Å². The number of urea groups is 1. The van der Waals surface area contributed by atoms with Crippen molar-refractivity contribution in [3.63, 3.8) is 0 Å². The molecule has 0 aromatic carbocycles. The number of amides is 2. The van der Waals surface area contributed by atoms with Gasteiger partial charge in [0.2, 0.25) is 0 Å². The molecule has 0 spiro atoms. The summed E-state index contributed by atoms with van der Waals surface area (Å²) in [6, 6.07) is -0.279. The molecule has 0 fully saturated rings. The third kappa shape index (κ3) is 5.40. The molecule has 0 aromatic rings. The van der Waals surface area contributed by atoms with Crippen molar-refractivity contribution in [1.82, 2.24) is 10.6 Å². The van der Waals surface area contributed by atoms with Crippen LogP contribution in [0.15, 0.2) is 11.6 Å². The summed E-state index contributed by atoms with van der Waals surface area (Å²) < 4.78 is 0. The maximum absolute atomic E-state index is 11.8. The Bertz CT molecular complexity index is 387. The zero-order valence-corrected chi connectivity index (χ0v) is 13.2. The second-order valence-electron chi connectivity index (χ2n) is 5.76. The van der Waals surface area contributed by atoms with Gasteiger partial charge in [-0.25, -0.2) is 4.79 Å². The predicted molar refractivity (Wildman–Crippen MR) is 83.2 cm³/mol. The summed E-state index contributed by atoms with van der Waals surface area (Å²) in [7, 11) is 0. The van der Waals surface area contributed by atoms with Crippen LogP contribution in [0, 0.1) is 5.41 Å². The summed E-state index contributed by atoms with van der Waals surface area (Å²) in [6.45, 7) is 4.46. The Balaban J connectivity index is 2.29. The van der Waals surface area contributed by atoms with E-state index in [4.69, 9.17) is 0 Å². The molecule has 1 aliphatic rings. The number of carboxylic acids is 1. The molecule has 5 heteroatoms. The topological polar surface area (TPSA) is 78.4 Å². The third-order valence-corrected chi connectivity index (χ3v) is 4.51. The number of hydrogen-bond acceptors (Lipinski definition) is 2. The molecule has 0 saturated carbocycles.